The van der Waals surface area contributed by atoms with Crippen LogP contribution in [-0.4, -0.2) is 43.1 Å². The molecule has 1 N–H and O–H groups in total. The molecule has 1 saturated heterocycles. The normalized spacial score (nSPS) is 16.2. The first kappa shape index (κ1) is 17.4. The molecule has 1 aliphatic rings. The van der Waals surface area contributed by atoms with Gasteiger partial charge in [-0.1, -0.05) is 18.2 Å². The van der Waals surface area contributed by atoms with Crippen molar-refractivity contribution >= 4 is 12.4 Å². The zero-order valence-corrected chi connectivity index (χ0v) is 14.4. The van der Waals surface area contributed by atoms with Crippen molar-refractivity contribution in [1.82, 2.24) is 35.3 Å². The van der Waals surface area contributed by atoms with Gasteiger partial charge in [0.05, 0.1) is 17.8 Å². The Kier molecular flexibility index (Phi) is 5.62. The van der Waals surface area contributed by atoms with Crippen LogP contribution in [-0.2, 0) is 0 Å². The van der Waals surface area contributed by atoms with E-state index < -0.39 is 6.23 Å². The molecule has 3 aromatic rings. The molecule has 2 aromatic heterocycles. The minimum Gasteiger partial charge on any atom is -0.464 e. The minimum atomic E-state index is -0.446. The lowest BCUT2D eigenvalue weighted by atomic mass is 10.1. The molecule has 132 valence electrons. The van der Waals surface area contributed by atoms with Gasteiger partial charge in [0, 0.05) is 6.20 Å². The monoisotopic (exact) mass is 361 g/mol. The summed E-state index contributed by atoms with van der Waals surface area (Å²) < 4.78 is 9.72. The molecular weight excluding hydrogens is 342 g/mol. The number of hydrogen-bond donors (Lipinski definition) is 1. The largest absolute Gasteiger partial charge is 0.464 e. The molecule has 25 heavy (non-hydrogen) atoms. The maximum Gasteiger partial charge on any atom is 0.223 e. The first-order valence-electron chi connectivity index (χ1n) is 8.09. The Morgan fingerprint density at radius 2 is 1.96 bits per heavy atom. The molecule has 0 aliphatic carbocycles. The van der Waals surface area contributed by atoms with E-state index in [0.717, 1.165) is 37.2 Å². The molecule has 0 radical (unpaired) electrons. The number of piperidine rings is 1. The van der Waals surface area contributed by atoms with Gasteiger partial charge in [-0.25, -0.2) is 0 Å². The lowest BCUT2D eigenvalue weighted by Gasteiger charge is -2.23. The van der Waals surface area contributed by atoms with E-state index >= 15 is 0 Å². The van der Waals surface area contributed by atoms with E-state index in [1.165, 1.54) is 0 Å². The summed E-state index contributed by atoms with van der Waals surface area (Å²) in [6, 6.07) is 10.1. The van der Waals surface area contributed by atoms with Crippen molar-refractivity contribution < 1.29 is 4.74 Å². The second-order valence-corrected chi connectivity index (χ2v) is 5.81. The van der Waals surface area contributed by atoms with Crippen LogP contribution in [0.2, 0.25) is 0 Å². The number of para-hydroxylation sites is 1. The van der Waals surface area contributed by atoms with Crippen LogP contribution in [0.15, 0.2) is 49.1 Å². The van der Waals surface area contributed by atoms with Gasteiger partial charge in [0.25, 0.3) is 0 Å². The van der Waals surface area contributed by atoms with Crippen LogP contribution in [0.4, 0.5) is 0 Å². The van der Waals surface area contributed by atoms with Crippen LogP contribution in [0, 0.1) is 0 Å². The topological polar surface area (TPSA) is 82.7 Å². The van der Waals surface area contributed by atoms with E-state index in [4.69, 9.17) is 4.74 Å². The number of benzene rings is 1. The molecule has 1 aliphatic heterocycles. The van der Waals surface area contributed by atoms with Gasteiger partial charge in [0.15, 0.2) is 0 Å². The van der Waals surface area contributed by atoms with Crippen molar-refractivity contribution in [3.05, 3.63) is 54.6 Å². The summed E-state index contributed by atoms with van der Waals surface area (Å²) in [5.41, 5.74) is 0.921. The molecule has 3 heterocycles. The van der Waals surface area contributed by atoms with E-state index in [1.807, 2.05) is 47.4 Å². The Morgan fingerprint density at radius 3 is 2.68 bits per heavy atom. The first-order valence-corrected chi connectivity index (χ1v) is 8.09. The number of hydrogen-bond acceptors (Lipinski definition) is 6. The number of rotatable bonds is 5. The lowest BCUT2D eigenvalue weighted by Crippen LogP contribution is -2.29. The van der Waals surface area contributed by atoms with E-state index in [1.54, 1.807) is 11.0 Å². The van der Waals surface area contributed by atoms with Crippen LogP contribution in [0.25, 0.3) is 0 Å². The maximum atomic E-state index is 6.10. The van der Waals surface area contributed by atoms with Crippen molar-refractivity contribution in [2.75, 3.05) is 13.1 Å². The van der Waals surface area contributed by atoms with Crippen LogP contribution < -0.4 is 10.1 Å². The second kappa shape index (κ2) is 8.09. The fourth-order valence-electron chi connectivity index (χ4n) is 2.93. The standard InChI is InChI=1S/C16H19N7O.ClH/c1-2-4-15(5-3-1)24-16(23-12-18-20-21-23)13-10-19-22(11-13)14-6-8-17-9-7-14;/h1-5,10-12,14,16-17H,6-9H2;1H. The summed E-state index contributed by atoms with van der Waals surface area (Å²) in [6.45, 7) is 2.05. The molecular formula is C16H20ClN7O. The SMILES string of the molecule is Cl.c1ccc(OC(c2cnn(C3CCNCC3)c2)n2cnnn2)cc1. The van der Waals surface area contributed by atoms with Gasteiger partial charge >= 0.3 is 0 Å². The van der Waals surface area contributed by atoms with Gasteiger partial charge < -0.3 is 10.1 Å². The Labute approximate surface area is 151 Å². The van der Waals surface area contributed by atoms with E-state index in [0.29, 0.717) is 6.04 Å². The van der Waals surface area contributed by atoms with Crippen LogP contribution in [0.5, 0.6) is 5.75 Å². The average Bonchev–Trinajstić information content (AvgIpc) is 3.34. The van der Waals surface area contributed by atoms with Gasteiger partial charge in [-0.2, -0.15) is 9.78 Å². The zero-order chi connectivity index (χ0) is 16.2. The number of halogens is 1. The molecule has 0 spiro atoms. The molecule has 0 saturated carbocycles. The van der Waals surface area contributed by atoms with E-state index in [2.05, 4.69) is 25.9 Å². The Bertz CT molecular complexity index is 756. The van der Waals surface area contributed by atoms with Crippen LogP contribution >= 0.6 is 12.4 Å². The smallest absolute Gasteiger partial charge is 0.223 e. The molecule has 4 rings (SSSR count). The summed E-state index contributed by atoms with van der Waals surface area (Å²) in [5.74, 6) is 0.757. The molecule has 1 fully saturated rings. The number of nitrogens with one attached hydrogen (secondary N) is 1. The van der Waals surface area contributed by atoms with E-state index in [9.17, 15) is 0 Å². The van der Waals surface area contributed by atoms with Crippen LogP contribution in [0.3, 0.4) is 0 Å². The average molecular weight is 362 g/mol. The third-order valence-electron chi connectivity index (χ3n) is 4.19. The number of ether oxygens (including phenoxy) is 1. The molecule has 1 aromatic carbocycles. The van der Waals surface area contributed by atoms with Crippen molar-refractivity contribution in [3.8, 4) is 5.75 Å². The summed E-state index contributed by atoms with van der Waals surface area (Å²) in [6.07, 6.45) is 7.13. The maximum absolute atomic E-state index is 6.10. The van der Waals surface area contributed by atoms with Crippen LogP contribution in [0.1, 0.15) is 30.7 Å². The summed E-state index contributed by atoms with van der Waals surface area (Å²) in [5, 5.41) is 19.4. The molecule has 1 unspecified atom stereocenters. The van der Waals surface area contributed by atoms with Gasteiger partial charge in [-0.15, -0.1) is 17.5 Å². The third kappa shape index (κ3) is 3.97. The first-order chi connectivity index (χ1) is 11.9. The molecule has 8 nitrogen and oxygen atoms in total. The highest BCUT2D eigenvalue weighted by molar-refractivity contribution is 5.85. The highest BCUT2D eigenvalue weighted by Crippen LogP contribution is 2.25. The minimum absolute atomic E-state index is 0. The Balaban J connectivity index is 0.00000182. The summed E-state index contributed by atoms with van der Waals surface area (Å²) in [7, 11) is 0. The van der Waals surface area contributed by atoms with E-state index in [-0.39, 0.29) is 12.4 Å². The van der Waals surface area contributed by atoms with Gasteiger partial charge in [0.1, 0.15) is 12.1 Å². The Morgan fingerprint density at radius 1 is 1.16 bits per heavy atom. The number of tetrazole rings is 1. The fourth-order valence-corrected chi connectivity index (χ4v) is 2.93. The van der Waals surface area contributed by atoms with Gasteiger partial charge in [0.2, 0.25) is 6.23 Å². The highest BCUT2D eigenvalue weighted by Gasteiger charge is 2.22. The summed E-state index contributed by atoms with van der Waals surface area (Å²) in [4.78, 5) is 0. The predicted molar refractivity (Wildman–Crippen MR) is 93.6 cm³/mol. The molecule has 1 atom stereocenters. The molecule has 0 bridgehead atoms. The lowest BCUT2D eigenvalue weighted by molar-refractivity contribution is 0.156. The predicted octanol–water partition coefficient (Wildman–Crippen LogP) is 1.84. The van der Waals surface area contributed by atoms with Gasteiger partial charge in [-0.3, -0.25) is 4.68 Å². The fraction of sp³-hybridized carbons (Fsp3) is 0.375. The third-order valence-corrected chi connectivity index (χ3v) is 4.19. The van der Waals surface area contributed by atoms with Crippen molar-refractivity contribution in [2.24, 2.45) is 0 Å². The molecule has 0 amide bonds. The quantitative estimate of drug-likeness (QED) is 0.746. The Hall–Kier alpha value is -2.45. The van der Waals surface area contributed by atoms with Crippen molar-refractivity contribution in [2.45, 2.75) is 25.1 Å². The highest BCUT2D eigenvalue weighted by atomic mass is 35.5. The second-order valence-electron chi connectivity index (χ2n) is 5.81. The van der Waals surface area contributed by atoms with Crippen molar-refractivity contribution in [3.63, 3.8) is 0 Å². The summed E-state index contributed by atoms with van der Waals surface area (Å²) >= 11 is 0. The number of nitrogens with zero attached hydrogens (tertiary/aromatic N) is 6. The zero-order valence-electron chi connectivity index (χ0n) is 13.6. The number of aromatic nitrogens is 6. The van der Waals surface area contributed by atoms with Crippen molar-refractivity contribution in [1.29, 1.82) is 0 Å². The van der Waals surface area contributed by atoms with Gasteiger partial charge in [-0.05, 0) is 48.5 Å². The molecule has 9 heteroatoms.